The van der Waals surface area contributed by atoms with Gasteiger partial charge in [0.15, 0.2) is 17.2 Å². The Balaban J connectivity index is 2.73. The molecular formula is C12H10ClN3O4. The van der Waals surface area contributed by atoms with E-state index in [0.29, 0.717) is 10.8 Å². The van der Waals surface area contributed by atoms with Gasteiger partial charge in [0.2, 0.25) is 0 Å². The third kappa shape index (κ3) is 2.35. The predicted molar refractivity (Wildman–Crippen MR) is 69.9 cm³/mol. The van der Waals surface area contributed by atoms with Gasteiger partial charge in [-0.2, -0.15) is 0 Å². The van der Waals surface area contributed by atoms with Gasteiger partial charge in [0.1, 0.15) is 11.4 Å². The smallest absolute Gasteiger partial charge is 0.357 e. The van der Waals surface area contributed by atoms with Crippen LogP contribution < -0.4 is 4.74 Å². The molecule has 0 spiro atoms. The average Bonchev–Trinajstić information content (AvgIpc) is 2.83. The van der Waals surface area contributed by atoms with Gasteiger partial charge in [-0.25, -0.2) is 9.48 Å². The largest absolute Gasteiger partial charge is 0.494 e. The van der Waals surface area contributed by atoms with Crippen molar-refractivity contribution in [3.63, 3.8) is 0 Å². The maximum Gasteiger partial charge on any atom is 0.357 e. The van der Waals surface area contributed by atoms with Crippen LogP contribution in [0, 0.1) is 0 Å². The number of carboxylic acid groups (broad SMARTS) is 1. The number of hydrogen-bond acceptors (Lipinski definition) is 5. The number of aromatic carboxylic acids is 1. The van der Waals surface area contributed by atoms with Gasteiger partial charge in [0, 0.05) is 11.9 Å². The minimum absolute atomic E-state index is 0.223. The van der Waals surface area contributed by atoms with Crippen LogP contribution in [-0.4, -0.2) is 39.0 Å². The van der Waals surface area contributed by atoms with Crippen molar-refractivity contribution < 1.29 is 19.4 Å². The molecule has 0 radical (unpaired) electrons. The molecule has 0 bridgehead atoms. The number of hydrogen-bond donors (Lipinski definition) is 1. The van der Waals surface area contributed by atoms with Crippen molar-refractivity contribution in [2.45, 2.75) is 6.92 Å². The third-order valence-electron chi connectivity index (χ3n) is 2.58. The fourth-order valence-corrected chi connectivity index (χ4v) is 1.87. The van der Waals surface area contributed by atoms with Gasteiger partial charge < -0.3 is 9.84 Å². The van der Waals surface area contributed by atoms with Gasteiger partial charge in [-0.1, -0.05) is 16.8 Å². The van der Waals surface area contributed by atoms with Gasteiger partial charge in [-0.15, -0.1) is 5.10 Å². The second kappa shape index (κ2) is 5.30. The molecule has 2 rings (SSSR count). The molecule has 20 heavy (non-hydrogen) atoms. The van der Waals surface area contributed by atoms with Crippen molar-refractivity contribution in [3.05, 3.63) is 34.6 Å². The lowest BCUT2D eigenvalue weighted by Gasteiger charge is -2.09. The molecule has 7 nitrogen and oxygen atoms in total. The first-order chi connectivity index (χ1) is 9.45. The fraction of sp³-hybridized carbons (Fsp3) is 0.167. The number of ether oxygens (including phenoxy) is 1. The lowest BCUT2D eigenvalue weighted by atomic mass is 10.2. The van der Waals surface area contributed by atoms with E-state index in [1.165, 1.54) is 20.1 Å². The number of aromatic nitrogens is 3. The number of halogens is 1. The summed E-state index contributed by atoms with van der Waals surface area (Å²) in [6.45, 7) is 1.22. The SMILES string of the molecule is COc1ccc(Cl)cc1-n1nnc(C(C)=O)c1C(=O)O. The Bertz CT molecular complexity index is 696. The Labute approximate surface area is 118 Å². The monoisotopic (exact) mass is 295 g/mol. The topological polar surface area (TPSA) is 94.3 Å². The highest BCUT2D eigenvalue weighted by Crippen LogP contribution is 2.27. The molecule has 1 heterocycles. The normalized spacial score (nSPS) is 10.3. The second-order valence-corrected chi connectivity index (χ2v) is 4.31. The van der Waals surface area contributed by atoms with Crippen molar-refractivity contribution in [2.75, 3.05) is 7.11 Å². The average molecular weight is 296 g/mol. The van der Waals surface area contributed by atoms with Crippen LogP contribution in [-0.2, 0) is 0 Å². The Morgan fingerprint density at radius 3 is 2.65 bits per heavy atom. The summed E-state index contributed by atoms with van der Waals surface area (Å²) in [5, 5.41) is 16.9. The molecule has 8 heteroatoms. The maximum absolute atomic E-state index is 11.4. The zero-order valence-electron chi connectivity index (χ0n) is 10.6. The van der Waals surface area contributed by atoms with Gasteiger partial charge >= 0.3 is 5.97 Å². The number of carbonyl (C=O) groups is 2. The number of rotatable bonds is 4. The number of methoxy groups -OCH3 is 1. The quantitative estimate of drug-likeness (QED) is 0.865. The predicted octanol–water partition coefficient (Wildman–Crippen LogP) is 1.83. The van der Waals surface area contributed by atoms with Crippen LogP contribution in [0.2, 0.25) is 5.02 Å². The van der Waals surface area contributed by atoms with Crippen molar-refractivity contribution in [1.82, 2.24) is 15.0 Å². The van der Waals surface area contributed by atoms with Gasteiger partial charge in [0.25, 0.3) is 0 Å². The van der Waals surface area contributed by atoms with E-state index in [2.05, 4.69) is 10.3 Å². The van der Waals surface area contributed by atoms with Crippen LogP contribution in [0.1, 0.15) is 27.9 Å². The molecule has 104 valence electrons. The summed E-state index contributed by atoms with van der Waals surface area (Å²) in [5.41, 5.74) is -0.269. The fourth-order valence-electron chi connectivity index (χ4n) is 1.71. The first-order valence-corrected chi connectivity index (χ1v) is 5.87. The highest BCUT2D eigenvalue weighted by molar-refractivity contribution is 6.30. The van der Waals surface area contributed by atoms with E-state index < -0.39 is 11.8 Å². The minimum Gasteiger partial charge on any atom is -0.494 e. The first kappa shape index (κ1) is 14.0. The van der Waals surface area contributed by atoms with E-state index in [1.807, 2.05) is 0 Å². The van der Waals surface area contributed by atoms with Gasteiger partial charge in [-0.3, -0.25) is 4.79 Å². The third-order valence-corrected chi connectivity index (χ3v) is 2.81. The van der Waals surface area contributed by atoms with Crippen LogP contribution in [0.4, 0.5) is 0 Å². The highest BCUT2D eigenvalue weighted by Gasteiger charge is 2.25. The van der Waals surface area contributed by atoms with Crippen LogP contribution >= 0.6 is 11.6 Å². The Kier molecular flexibility index (Phi) is 3.71. The molecule has 1 N–H and O–H groups in total. The minimum atomic E-state index is -1.32. The molecule has 1 aromatic carbocycles. The maximum atomic E-state index is 11.4. The van der Waals surface area contributed by atoms with Crippen molar-refractivity contribution in [3.8, 4) is 11.4 Å². The van der Waals surface area contributed by atoms with E-state index in [0.717, 1.165) is 4.68 Å². The molecule has 0 saturated carbocycles. The van der Waals surface area contributed by atoms with Crippen LogP contribution in [0.3, 0.4) is 0 Å². The standard InChI is InChI=1S/C12H10ClN3O4/c1-6(17)10-11(12(18)19)16(15-14-10)8-5-7(13)3-4-9(8)20-2/h3-5H,1-2H3,(H,18,19). The summed E-state index contributed by atoms with van der Waals surface area (Å²) < 4.78 is 6.15. The second-order valence-electron chi connectivity index (χ2n) is 3.88. The lowest BCUT2D eigenvalue weighted by Crippen LogP contribution is -2.12. The summed E-state index contributed by atoms with van der Waals surface area (Å²) in [6, 6.07) is 4.64. The van der Waals surface area contributed by atoms with E-state index in [-0.39, 0.29) is 17.1 Å². The zero-order chi connectivity index (χ0) is 14.9. The van der Waals surface area contributed by atoms with Crippen molar-refractivity contribution in [2.24, 2.45) is 0 Å². The lowest BCUT2D eigenvalue weighted by molar-refractivity contribution is 0.0682. The summed E-state index contributed by atoms with van der Waals surface area (Å²) in [4.78, 5) is 22.7. The number of carbonyl (C=O) groups excluding carboxylic acids is 1. The molecule has 0 amide bonds. The molecular weight excluding hydrogens is 286 g/mol. The molecule has 0 aliphatic heterocycles. The molecule has 1 aromatic heterocycles. The summed E-state index contributed by atoms with van der Waals surface area (Å²) in [7, 11) is 1.43. The Hall–Kier alpha value is -2.41. The zero-order valence-corrected chi connectivity index (χ0v) is 11.4. The van der Waals surface area contributed by atoms with Crippen LogP contribution in [0.15, 0.2) is 18.2 Å². The molecule has 0 unspecified atom stereocenters. The first-order valence-electron chi connectivity index (χ1n) is 5.49. The Morgan fingerprint density at radius 1 is 1.40 bits per heavy atom. The molecule has 0 fully saturated rings. The van der Waals surface area contributed by atoms with Crippen molar-refractivity contribution in [1.29, 1.82) is 0 Å². The molecule has 0 saturated heterocycles. The number of nitrogens with zero attached hydrogens (tertiary/aromatic N) is 3. The number of benzene rings is 1. The molecule has 2 aromatic rings. The Morgan fingerprint density at radius 2 is 2.10 bits per heavy atom. The van der Waals surface area contributed by atoms with E-state index in [9.17, 15) is 14.7 Å². The van der Waals surface area contributed by atoms with E-state index in [4.69, 9.17) is 16.3 Å². The summed E-state index contributed by atoms with van der Waals surface area (Å²) in [6.07, 6.45) is 0. The number of Topliss-reactive ketones (excluding diaryl/α,β-unsaturated/α-hetero) is 1. The summed E-state index contributed by atoms with van der Waals surface area (Å²) >= 11 is 5.89. The van der Waals surface area contributed by atoms with E-state index in [1.54, 1.807) is 12.1 Å². The van der Waals surface area contributed by atoms with Gasteiger partial charge in [-0.05, 0) is 18.2 Å². The van der Waals surface area contributed by atoms with Crippen LogP contribution in [0.5, 0.6) is 5.75 Å². The molecule has 0 aliphatic carbocycles. The van der Waals surface area contributed by atoms with Crippen LogP contribution in [0.25, 0.3) is 5.69 Å². The number of carboxylic acids is 1. The highest BCUT2D eigenvalue weighted by atomic mass is 35.5. The van der Waals surface area contributed by atoms with E-state index >= 15 is 0 Å². The molecule has 0 atom stereocenters. The number of ketones is 1. The molecule has 0 aliphatic rings. The van der Waals surface area contributed by atoms with Crippen molar-refractivity contribution >= 4 is 23.4 Å². The van der Waals surface area contributed by atoms with Gasteiger partial charge in [0.05, 0.1) is 7.11 Å². The summed E-state index contributed by atoms with van der Waals surface area (Å²) in [5.74, 6) is -1.45.